The van der Waals surface area contributed by atoms with Crippen molar-refractivity contribution >= 4 is 0 Å². The van der Waals surface area contributed by atoms with E-state index in [0.717, 1.165) is 24.9 Å². The summed E-state index contributed by atoms with van der Waals surface area (Å²) >= 11 is 0. The largest absolute Gasteiger partial charge is 0.395 e. The molecule has 2 nitrogen and oxygen atoms in total. The van der Waals surface area contributed by atoms with Crippen molar-refractivity contribution in [2.75, 3.05) is 19.7 Å². The molecule has 0 aromatic carbocycles. The molecular weight excluding hydrogens is 174 g/mol. The Morgan fingerprint density at radius 1 is 1.50 bits per heavy atom. The van der Waals surface area contributed by atoms with Crippen LogP contribution in [0.1, 0.15) is 27.2 Å². The van der Waals surface area contributed by atoms with Gasteiger partial charge in [-0.2, -0.15) is 0 Å². The molecule has 3 atom stereocenters. The summed E-state index contributed by atoms with van der Waals surface area (Å²) in [5.74, 6) is 2.16. The Labute approximate surface area is 87.4 Å². The second-order valence-electron chi connectivity index (χ2n) is 4.65. The molecule has 0 aromatic rings. The Bertz CT molecular complexity index is 200. The average molecular weight is 197 g/mol. The molecule has 14 heavy (non-hydrogen) atoms. The predicted molar refractivity (Wildman–Crippen MR) is 60.1 cm³/mol. The lowest BCUT2D eigenvalue weighted by atomic mass is 9.75. The number of hydrogen-bond donors (Lipinski definition) is 2. The van der Waals surface area contributed by atoms with Crippen LogP contribution >= 0.6 is 0 Å². The maximum absolute atomic E-state index is 8.70. The van der Waals surface area contributed by atoms with E-state index in [1.165, 1.54) is 12.0 Å². The van der Waals surface area contributed by atoms with Crippen LogP contribution in [-0.2, 0) is 0 Å². The van der Waals surface area contributed by atoms with Gasteiger partial charge < -0.3 is 10.4 Å². The van der Waals surface area contributed by atoms with Crippen LogP contribution in [0.15, 0.2) is 11.6 Å². The number of hydrogen-bond acceptors (Lipinski definition) is 2. The first-order chi connectivity index (χ1) is 6.65. The first kappa shape index (κ1) is 11.7. The minimum absolute atomic E-state index is 0.240. The standard InChI is InChI=1S/C12H23NO/c1-9-6-10(2)12(11(3)7-9)8-13-4-5-14/h6,10-14H,4-5,7-8H2,1-3H3/t10-,11-,12+/m0/s1. The summed E-state index contributed by atoms with van der Waals surface area (Å²) in [4.78, 5) is 0. The highest BCUT2D eigenvalue weighted by atomic mass is 16.3. The topological polar surface area (TPSA) is 32.3 Å². The fourth-order valence-electron chi connectivity index (χ4n) is 2.55. The van der Waals surface area contributed by atoms with Gasteiger partial charge in [-0.25, -0.2) is 0 Å². The van der Waals surface area contributed by atoms with Gasteiger partial charge in [0.1, 0.15) is 0 Å². The zero-order valence-corrected chi connectivity index (χ0v) is 9.59. The second-order valence-corrected chi connectivity index (χ2v) is 4.65. The summed E-state index contributed by atoms with van der Waals surface area (Å²) in [7, 11) is 0. The quantitative estimate of drug-likeness (QED) is 0.532. The van der Waals surface area contributed by atoms with Gasteiger partial charge in [0.15, 0.2) is 0 Å². The zero-order chi connectivity index (χ0) is 10.6. The van der Waals surface area contributed by atoms with Crippen molar-refractivity contribution in [2.45, 2.75) is 27.2 Å². The van der Waals surface area contributed by atoms with E-state index in [0.29, 0.717) is 5.92 Å². The maximum Gasteiger partial charge on any atom is 0.0555 e. The van der Waals surface area contributed by atoms with Crippen LogP contribution in [0.4, 0.5) is 0 Å². The third-order valence-corrected chi connectivity index (χ3v) is 3.27. The summed E-state index contributed by atoms with van der Waals surface area (Å²) < 4.78 is 0. The van der Waals surface area contributed by atoms with Crippen LogP contribution in [0.2, 0.25) is 0 Å². The highest BCUT2D eigenvalue weighted by Crippen LogP contribution is 2.32. The monoisotopic (exact) mass is 197 g/mol. The molecule has 0 aliphatic heterocycles. The molecule has 0 saturated carbocycles. The number of aliphatic hydroxyl groups is 1. The molecule has 0 heterocycles. The van der Waals surface area contributed by atoms with Gasteiger partial charge in [-0.05, 0) is 37.6 Å². The molecule has 2 N–H and O–H groups in total. The van der Waals surface area contributed by atoms with Crippen molar-refractivity contribution in [3.8, 4) is 0 Å². The molecule has 0 saturated heterocycles. The lowest BCUT2D eigenvalue weighted by Crippen LogP contribution is -2.34. The lowest BCUT2D eigenvalue weighted by molar-refractivity contribution is 0.243. The first-order valence-electron chi connectivity index (χ1n) is 5.64. The van der Waals surface area contributed by atoms with Gasteiger partial charge >= 0.3 is 0 Å². The summed E-state index contributed by atoms with van der Waals surface area (Å²) in [6, 6.07) is 0. The molecule has 1 rings (SSSR count). The van der Waals surface area contributed by atoms with Crippen LogP contribution in [0.3, 0.4) is 0 Å². The maximum atomic E-state index is 8.70. The molecule has 0 unspecified atom stereocenters. The van der Waals surface area contributed by atoms with Gasteiger partial charge in [-0.15, -0.1) is 0 Å². The molecule has 0 radical (unpaired) electrons. The molecule has 0 aromatic heterocycles. The van der Waals surface area contributed by atoms with Gasteiger partial charge in [0.05, 0.1) is 6.61 Å². The number of allylic oxidation sites excluding steroid dienone is 2. The molecule has 0 spiro atoms. The third-order valence-electron chi connectivity index (χ3n) is 3.27. The van der Waals surface area contributed by atoms with Crippen molar-refractivity contribution in [3.63, 3.8) is 0 Å². The van der Waals surface area contributed by atoms with E-state index >= 15 is 0 Å². The SMILES string of the molecule is CC1=C[C@H](C)[C@@H](CNCCO)[C@@H](C)C1. The van der Waals surface area contributed by atoms with E-state index in [-0.39, 0.29) is 6.61 Å². The van der Waals surface area contributed by atoms with Gasteiger partial charge in [-0.1, -0.05) is 25.5 Å². The highest BCUT2D eigenvalue weighted by Gasteiger charge is 2.25. The van der Waals surface area contributed by atoms with E-state index < -0.39 is 0 Å². The van der Waals surface area contributed by atoms with E-state index in [4.69, 9.17) is 5.11 Å². The van der Waals surface area contributed by atoms with E-state index in [9.17, 15) is 0 Å². The lowest BCUT2D eigenvalue weighted by Gasteiger charge is -2.33. The molecule has 0 amide bonds. The highest BCUT2D eigenvalue weighted by molar-refractivity contribution is 5.08. The minimum Gasteiger partial charge on any atom is -0.395 e. The Morgan fingerprint density at radius 2 is 2.21 bits per heavy atom. The van der Waals surface area contributed by atoms with Crippen LogP contribution in [0.5, 0.6) is 0 Å². The van der Waals surface area contributed by atoms with Crippen LogP contribution in [-0.4, -0.2) is 24.8 Å². The average Bonchev–Trinajstić information content (AvgIpc) is 2.09. The number of rotatable bonds is 4. The Morgan fingerprint density at radius 3 is 2.79 bits per heavy atom. The van der Waals surface area contributed by atoms with Crippen LogP contribution < -0.4 is 5.32 Å². The first-order valence-corrected chi connectivity index (χ1v) is 5.64. The van der Waals surface area contributed by atoms with Gasteiger partial charge in [-0.3, -0.25) is 0 Å². The van der Waals surface area contributed by atoms with E-state index in [1.807, 2.05) is 0 Å². The molecular formula is C12H23NO. The fourth-order valence-corrected chi connectivity index (χ4v) is 2.55. The van der Waals surface area contributed by atoms with Crippen LogP contribution in [0.25, 0.3) is 0 Å². The third kappa shape index (κ3) is 3.10. The summed E-state index contributed by atoms with van der Waals surface area (Å²) in [6.07, 6.45) is 3.63. The fraction of sp³-hybridized carbons (Fsp3) is 0.833. The Hall–Kier alpha value is -0.340. The van der Waals surface area contributed by atoms with Crippen molar-refractivity contribution in [1.82, 2.24) is 5.32 Å². The smallest absolute Gasteiger partial charge is 0.0555 e. The molecule has 1 aliphatic rings. The van der Waals surface area contributed by atoms with Crippen molar-refractivity contribution in [1.29, 1.82) is 0 Å². The van der Waals surface area contributed by atoms with E-state index in [1.54, 1.807) is 0 Å². The zero-order valence-electron chi connectivity index (χ0n) is 9.59. The Balaban J connectivity index is 2.43. The summed E-state index contributed by atoms with van der Waals surface area (Å²) in [6.45, 7) is 8.85. The number of nitrogens with one attached hydrogen (secondary N) is 1. The van der Waals surface area contributed by atoms with Gasteiger partial charge in [0.25, 0.3) is 0 Å². The van der Waals surface area contributed by atoms with Crippen molar-refractivity contribution in [2.24, 2.45) is 17.8 Å². The Kier molecular flexibility index (Phi) is 4.63. The molecule has 0 fully saturated rings. The van der Waals surface area contributed by atoms with Gasteiger partial charge in [0.2, 0.25) is 0 Å². The van der Waals surface area contributed by atoms with Crippen molar-refractivity contribution in [3.05, 3.63) is 11.6 Å². The van der Waals surface area contributed by atoms with E-state index in [2.05, 4.69) is 32.2 Å². The number of aliphatic hydroxyl groups excluding tert-OH is 1. The minimum atomic E-state index is 0.240. The molecule has 1 aliphatic carbocycles. The van der Waals surface area contributed by atoms with Crippen LogP contribution in [0, 0.1) is 17.8 Å². The van der Waals surface area contributed by atoms with Crippen molar-refractivity contribution < 1.29 is 5.11 Å². The summed E-state index contributed by atoms with van der Waals surface area (Å²) in [5, 5.41) is 12.0. The summed E-state index contributed by atoms with van der Waals surface area (Å²) in [5.41, 5.74) is 1.53. The predicted octanol–water partition coefficient (Wildman–Crippen LogP) is 1.81. The molecule has 0 bridgehead atoms. The second kappa shape index (κ2) is 5.52. The van der Waals surface area contributed by atoms with Gasteiger partial charge in [0, 0.05) is 6.54 Å². The molecule has 2 heteroatoms. The normalized spacial score (nSPS) is 32.9. The molecule has 82 valence electrons.